The predicted molar refractivity (Wildman–Crippen MR) is 79.3 cm³/mol. The normalized spacial score (nSPS) is 24.9. The molecule has 3 fully saturated rings. The Balaban J connectivity index is 1.73. The molecule has 2 bridgehead atoms. The van der Waals surface area contributed by atoms with Crippen LogP contribution in [0.15, 0.2) is 29.2 Å². The molecule has 1 N–H and O–H groups in total. The zero-order valence-corrected chi connectivity index (χ0v) is 12.9. The molecule has 21 heavy (non-hydrogen) atoms. The number of sulfonamides is 1. The molecule has 2 heterocycles. The molecule has 6 heteroatoms. The van der Waals surface area contributed by atoms with Crippen LogP contribution in [0.3, 0.4) is 0 Å². The van der Waals surface area contributed by atoms with Crippen LogP contribution in [-0.2, 0) is 10.0 Å². The van der Waals surface area contributed by atoms with Crippen LogP contribution in [0.25, 0.3) is 0 Å². The van der Waals surface area contributed by atoms with E-state index >= 15 is 0 Å². The zero-order chi connectivity index (χ0) is 15.0. The molecule has 1 aliphatic carbocycles. The van der Waals surface area contributed by atoms with Crippen LogP contribution >= 0.6 is 0 Å². The molecule has 0 radical (unpaired) electrons. The Morgan fingerprint density at radius 2 is 1.76 bits per heavy atom. The van der Waals surface area contributed by atoms with Crippen LogP contribution in [0, 0.1) is 12.8 Å². The van der Waals surface area contributed by atoms with Crippen LogP contribution in [-0.4, -0.2) is 31.9 Å². The number of aryl methyl sites for hydroxylation is 1. The average molecular weight is 308 g/mol. The first-order valence-electron chi connectivity index (χ1n) is 7.36. The second-order valence-electron chi connectivity index (χ2n) is 6.05. The van der Waals surface area contributed by atoms with E-state index in [1.165, 1.54) is 12.1 Å². The molecular weight excluding hydrogens is 288 g/mol. The van der Waals surface area contributed by atoms with Gasteiger partial charge in [-0.2, -0.15) is 0 Å². The van der Waals surface area contributed by atoms with Gasteiger partial charge in [-0.1, -0.05) is 17.7 Å². The van der Waals surface area contributed by atoms with E-state index in [1.807, 2.05) is 6.92 Å². The second kappa shape index (κ2) is 5.33. The highest BCUT2D eigenvalue weighted by Gasteiger charge is 2.37. The van der Waals surface area contributed by atoms with Gasteiger partial charge in [-0.05, 0) is 50.7 Å². The molecule has 0 spiro atoms. The van der Waals surface area contributed by atoms with Crippen molar-refractivity contribution in [1.29, 1.82) is 0 Å². The molecule has 1 saturated carbocycles. The number of urea groups is 1. The van der Waals surface area contributed by atoms with E-state index in [-0.39, 0.29) is 10.9 Å². The first-order chi connectivity index (χ1) is 9.95. The standard InChI is InChI=1S/C15H20N2O3S/c1-11-2-8-14(9-3-11)21(19,20)16-15(18)17-10-12-4-6-13(17)7-5-12/h2-3,8-9,12-13H,4-7,10H2,1H3,(H,16,18). The molecule has 114 valence electrons. The third-order valence-corrected chi connectivity index (χ3v) is 5.86. The highest BCUT2D eigenvalue weighted by molar-refractivity contribution is 7.90. The smallest absolute Gasteiger partial charge is 0.321 e. The van der Waals surface area contributed by atoms with Crippen molar-refractivity contribution in [3.05, 3.63) is 29.8 Å². The number of carbonyl (C=O) groups is 1. The number of rotatable bonds is 2. The summed E-state index contributed by atoms with van der Waals surface area (Å²) in [5, 5.41) is 0. The van der Waals surface area contributed by atoms with Crippen molar-refractivity contribution >= 4 is 16.1 Å². The summed E-state index contributed by atoms with van der Waals surface area (Å²) >= 11 is 0. The highest BCUT2D eigenvalue weighted by Crippen LogP contribution is 2.34. The molecule has 0 unspecified atom stereocenters. The lowest BCUT2D eigenvalue weighted by Gasteiger charge is -2.44. The second-order valence-corrected chi connectivity index (χ2v) is 7.73. The van der Waals surface area contributed by atoms with Gasteiger partial charge in [0.1, 0.15) is 0 Å². The molecule has 2 saturated heterocycles. The van der Waals surface area contributed by atoms with Crippen LogP contribution in [0.4, 0.5) is 4.79 Å². The molecule has 3 aliphatic rings. The molecule has 1 aromatic carbocycles. The lowest BCUT2D eigenvalue weighted by Crippen LogP contribution is -2.55. The van der Waals surface area contributed by atoms with E-state index in [1.54, 1.807) is 17.0 Å². The number of hydrogen-bond donors (Lipinski definition) is 1. The topological polar surface area (TPSA) is 66.5 Å². The number of benzene rings is 1. The highest BCUT2D eigenvalue weighted by atomic mass is 32.2. The maximum absolute atomic E-state index is 12.3. The lowest BCUT2D eigenvalue weighted by molar-refractivity contribution is 0.0776. The average Bonchev–Trinajstić information content (AvgIpc) is 2.48. The first-order valence-corrected chi connectivity index (χ1v) is 8.84. The van der Waals surface area contributed by atoms with Gasteiger partial charge in [0.25, 0.3) is 10.0 Å². The van der Waals surface area contributed by atoms with Crippen molar-refractivity contribution in [2.24, 2.45) is 5.92 Å². The number of carbonyl (C=O) groups excluding carboxylic acids is 1. The Kier molecular flexibility index (Phi) is 3.65. The maximum atomic E-state index is 12.3. The van der Waals surface area contributed by atoms with Gasteiger partial charge in [-0.25, -0.2) is 17.9 Å². The van der Waals surface area contributed by atoms with E-state index in [0.29, 0.717) is 12.5 Å². The summed E-state index contributed by atoms with van der Waals surface area (Å²) < 4.78 is 26.7. The largest absolute Gasteiger partial charge is 0.331 e. The van der Waals surface area contributed by atoms with Crippen LogP contribution in [0.1, 0.15) is 31.2 Å². The van der Waals surface area contributed by atoms with Crippen molar-refractivity contribution in [3.63, 3.8) is 0 Å². The minimum absolute atomic E-state index is 0.128. The predicted octanol–water partition coefficient (Wildman–Crippen LogP) is 2.27. The van der Waals surface area contributed by atoms with E-state index in [9.17, 15) is 13.2 Å². The molecule has 2 aliphatic heterocycles. The zero-order valence-electron chi connectivity index (χ0n) is 12.1. The molecule has 4 rings (SSSR count). The quantitative estimate of drug-likeness (QED) is 0.911. The monoisotopic (exact) mass is 308 g/mol. The number of amides is 2. The van der Waals surface area contributed by atoms with Gasteiger partial charge in [-0.3, -0.25) is 0 Å². The fraction of sp³-hybridized carbons (Fsp3) is 0.533. The van der Waals surface area contributed by atoms with Gasteiger partial charge in [-0.15, -0.1) is 0 Å². The molecule has 0 atom stereocenters. The van der Waals surface area contributed by atoms with Crippen molar-refractivity contribution in [2.75, 3.05) is 6.54 Å². The summed E-state index contributed by atoms with van der Waals surface area (Å²) in [5.74, 6) is 0.530. The number of piperidine rings is 2. The Morgan fingerprint density at radius 1 is 1.14 bits per heavy atom. The molecule has 1 aromatic rings. The molecule has 5 nitrogen and oxygen atoms in total. The third-order valence-electron chi connectivity index (χ3n) is 4.53. The van der Waals surface area contributed by atoms with Gasteiger partial charge in [0.2, 0.25) is 0 Å². The van der Waals surface area contributed by atoms with Crippen molar-refractivity contribution in [3.8, 4) is 0 Å². The molecule has 0 aromatic heterocycles. The van der Waals surface area contributed by atoms with Crippen LogP contribution in [0.2, 0.25) is 0 Å². The van der Waals surface area contributed by atoms with Gasteiger partial charge < -0.3 is 4.90 Å². The van der Waals surface area contributed by atoms with Crippen LogP contribution in [0.5, 0.6) is 0 Å². The van der Waals surface area contributed by atoms with Crippen molar-refractivity contribution in [2.45, 2.75) is 43.5 Å². The number of fused-ring (bicyclic) bond motifs is 3. The fourth-order valence-corrected chi connectivity index (χ4v) is 4.22. The van der Waals surface area contributed by atoms with Crippen LogP contribution < -0.4 is 4.72 Å². The number of nitrogens with one attached hydrogen (secondary N) is 1. The van der Waals surface area contributed by atoms with Gasteiger partial charge in [0, 0.05) is 12.6 Å². The van der Waals surface area contributed by atoms with Gasteiger partial charge in [0.15, 0.2) is 0 Å². The first kappa shape index (κ1) is 14.4. The Labute approximate surface area is 125 Å². The number of nitrogens with zero attached hydrogens (tertiary/aromatic N) is 1. The van der Waals surface area contributed by atoms with E-state index in [2.05, 4.69) is 4.72 Å². The van der Waals surface area contributed by atoms with Gasteiger partial charge >= 0.3 is 6.03 Å². The Morgan fingerprint density at radius 3 is 2.29 bits per heavy atom. The Hall–Kier alpha value is -1.56. The number of hydrogen-bond acceptors (Lipinski definition) is 3. The lowest BCUT2D eigenvalue weighted by atomic mass is 9.80. The Bertz CT molecular complexity index is 631. The molecule has 2 amide bonds. The van der Waals surface area contributed by atoms with Gasteiger partial charge in [0.05, 0.1) is 4.90 Å². The summed E-state index contributed by atoms with van der Waals surface area (Å²) in [6, 6.07) is 6.21. The minimum atomic E-state index is -3.78. The van der Waals surface area contributed by atoms with E-state index in [0.717, 1.165) is 31.2 Å². The summed E-state index contributed by atoms with van der Waals surface area (Å²) in [6.45, 7) is 2.57. The summed E-state index contributed by atoms with van der Waals surface area (Å²) in [6.07, 6.45) is 4.28. The fourth-order valence-electron chi connectivity index (χ4n) is 3.26. The maximum Gasteiger partial charge on any atom is 0.331 e. The summed E-state index contributed by atoms with van der Waals surface area (Å²) in [4.78, 5) is 14.1. The van der Waals surface area contributed by atoms with Crippen molar-refractivity contribution < 1.29 is 13.2 Å². The SMILES string of the molecule is Cc1ccc(S(=O)(=O)NC(=O)N2CC3CCC2CC3)cc1. The molecular formula is C15H20N2O3S. The minimum Gasteiger partial charge on any atom is -0.321 e. The third kappa shape index (κ3) is 2.90. The van der Waals surface area contributed by atoms with E-state index < -0.39 is 16.1 Å². The summed E-state index contributed by atoms with van der Waals surface area (Å²) in [5.41, 5.74) is 0.980. The van der Waals surface area contributed by atoms with E-state index in [4.69, 9.17) is 0 Å². The van der Waals surface area contributed by atoms with Crippen molar-refractivity contribution in [1.82, 2.24) is 9.62 Å². The summed E-state index contributed by atoms with van der Waals surface area (Å²) in [7, 11) is -3.78.